The summed E-state index contributed by atoms with van der Waals surface area (Å²) < 4.78 is 49.7. The summed E-state index contributed by atoms with van der Waals surface area (Å²) in [5.74, 6) is -0.925. The standard InChI is InChI=1S/C21H29NO8S/c1-5-28-17(24)13-29-16-11-15(27-4)18-14(23)12-21(9-7-6-8-10-21)30-19(18)20(16)31(25,26)22(2)3/h11H,5-10,12-13H2,1-4H3. The second-order valence-corrected chi connectivity index (χ2v) is 10.0. The fourth-order valence-corrected chi connectivity index (χ4v) is 5.21. The molecule has 0 bridgehead atoms. The lowest BCUT2D eigenvalue weighted by Crippen LogP contribution is -2.44. The first-order valence-corrected chi connectivity index (χ1v) is 11.8. The summed E-state index contributed by atoms with van der Waals surface area (Å²) in [6, 6.07) is 1.31. The first kappa shape index (κ1) is 23.3. The fourth-order valence-electron chi connectivity index (χ4n) is 4.10. The van der Waals surface area contributed by atoms with Crippen molar-refractivity contribution in [3.63, 3.8) is 0 Å². The number of rotatable bonds is 7. The molecule has 0 unspecified atom stereocenters. The number of hydrogen-bond donors (Lipinski definition) is 0. The summed E-state index contributed by atoms with van der Waals surface area (Å²) in [6.45, 7) is 1.33. The van der Waals surface area contributed by atoms with Crippen molar-refractivity contribution in [3.8, 4) is 17.2 Å². The van der Waals surface area contributed by atoms with Crippen molar-refractivity contribution in [1.29, 1.82) is 0 Å². The van der Waals surface area contributed by atoms with Crippen molar-refractivity contribution in [2.24, 2.45) is 0 Å². The first-order valence-electron chi connectivity index (χ1n) is 10.3. The van der Waals surface area contributed by atoms with E-state index in [4.69, 9.17) is 18.9 Å². The van der Waals surface area contributed by atoms with Crippen LogP contribution in [0.5, 0.6) is 17.2 Å². The van der Waals surface area contributed by atoms with E-state index in [0.717, 1.165) is 23.6 Å². The van der Waals surface area contributed by atoms with Crippen LogP contribution in [0.25, 0.3) is 0 Å². The number of fused-ring (bicyclic) bond motifs is 1. The molecule has 1 aromatic rings. The van der Waals surface area contributed by atoms with E-state index in [0.29, 0.717) is 12.8 Å². The molecule has 0 saturated heterocycles. The van der Waals surface area contributed by atoms with E-state index in [2.05, 4.69) is 0 Å². The van der Waals surface area contributed by atoms with Crippen molar-refractivity contribution in [2.45, 2.75) is 55.9 Å². The Morgan fingerprint density at radius 3 is 2.45 bits per heavy atom. The van der Waals surface area contributed by atoms with Crippen molar-refractivity contribution in [3.05, 3.63) is 11.6 Å². The molecular weight excluding hydrogens is 426 g/mol. The number of sulfonamides is 1. The number of methoxy groups -OCH3 is 1. The molecule has 31 heavy (non-hydrogen) atoms. The molecule has 1 spiro atoms. The largest absolute Gasteiger partial charge is 0.496 e. The molecule has 3 rings (SSSR count). The Bertz CT molecular complexity index is 964. The number of esters is 1. The summed E-state index contributed by atoms with van der Waals surface area (Å²) >= 11 is 0. The normalized spacial score (nSPS) is 17.8. The molecule has 9 nitrogen and oxygen atoms in total. The Kier molecular flexibility index (Phi) is 6.80. The van der Waals surface area contributed by atoms with Gasteiger partial charge in [-0.3, -0.25) is 4.79 Å². The second kappa shape index (κ2) is 9.04. The maximum Gasteiger partial charge on any atom is 0.344 e. The summed E-state index contributed by atoms with van der Waals surface area (Å²) in [6.07, 6.45) is 4.33. The van der Waals surface area contributed by atoms with Gasteiger partial charge in [0.25, 0.3) is 0 Å². The van der Waals surface area contributed by atoms with Gasteiger partial charge in [0.1, 0.15) is 22.7 Å². The third-order valence-corrected chi connectivity index (χ3v) is 7.48. The number of ether oxygens (including phenoxy) is 4. The molecule has 0 atom stereocenters. The number of ketones is 1. The average molecular weight is 456 g/mol. The molecule has 2 aliphatic rings. The highest BCUT2D eigenvalue weighted by Gasteiger charge is 2.46. The molecule has 0 radical (unpaired) electrons. The van der Waals surface area contributed by atoms with Crippen LogP contribution >= 0.6 is 0 Å². The number of carbonyl (C=O) groups excluding carboxylic acids is 2. The van der Waals surface area contributed by atoms with Crippen molar-refractivity contribution in [1.82, 2.24) is 4.31 Å². The molecule has 1 aliphatic heterocycles. The fraction of sp³-hybridized carbons (Fsp3) is 0.619. The highest BCUT2D eigenvalue weighted by atomic mass is 32.2. The molecule has 1 aliphatic carbocycles. The zero-order valence-electron chi connectivity index (χ0n) is 18.4. The van der Waals surface area contributed by atoms with Crippen molar-refractivity contribution in [2.75, 3.05) is 34.4 Å². The lowest BCUT2D eigenvalue weighted by molar-refractivity contribution is -0.145. The topological polar surface area (TPSA) is 108 Å². The van der Waals surface area contributed by atoms with Crippen molar-refractivity contribution >= 4 is 21.8 Å². The predicted molar refractivity (Wildman–Crippen MR) is 111 cm³/mol. The lowest BCUT2D eigenvalue weighted by Gasteiger charge is -2.41. The maximum atomic E-state index is 13.3. The van der Waals surface area contributed by atoms with E-state index >= 15 is 0 Å². The van der Waals surface area contributed by atoms with Gasteiger partial charge in [0.2, 0.25) is 10.0 Å². The molecule has 1 fully saturated rings. The predicted octanol–water partition coefficient (Wildman–Crippen LogP) is 2.56. The van der Waals surface area contributed by atoms with Gasteiger partial charge in [-0.05, 0) is 32.6 Å². The number of hydrogen-bond acceptors (Lipinski definition) is 8. The SMILES string of the molecule is CCOC(=O)COc1cc(OC)c2c(c1S(=O)(=O)N(C)C)OC1(CCCCC1)CC2=O. The Balaban J connectivity index is 2.20. The quantitative estimate of drug-likeness (QED) is 0.577. The summed E-state index contributed by atoms with van der Waals surface area (Å²) in [5, 5.41) is 0. The van der Waals surface area contributed by atoms with E-state index in [1.807, 2.05) is 0 Å². The third-order valence-electron chi connectivity index (χ3n) is 5.62. The van der Waals surface area contributed by atoms with Gasteiger partial charge in [-0.2, -0.15) is 0 Å². The molecule has 0 amide bonds. The zero-order chi connectivity index (χ0) is 22.8. The summed E-state index contributed by atoms with van der Waals surface area (Å²) in [7, 11) is 0.0428. The van der Waals surface area contributed by atoms with Crippen LogP contribution in [0.4, 0.5) is 0 Å². The molecule has 172 valence electrons. The highest BCUT2D eigenvalue weighted by molar-refractivity contribution is 7.89. The van der Waals surface area contributed by atoms with Crippen LogP contribution in [0.2, 0.25) is 0 Å². The van der Waals surface area contributed by atoms with E-state index in [1.54, 1.807) is 6.92 Å². The van der Waals surface area contributed by atoms with Gasteiger partial charge in [-0.15, -0.1) is 0 Å². The number of benzene rings is 1. The smallest absolute Gasteiger partial charge is 0.344 e. The Hall–Kier alpha value is -2.33. The minimum atomic E-state index is -4.09. The van der Waals surface area contributed by atoms with Gasteiger partial charge in [0.15, 0.2) is 23.0 Å². The first-order chi connectivity index (χ1) is 14.6. The lowest BCUT2D eigenvalue weighted by atomic mass is 9.78. The number of carbonyl (C=O) groups is 2. The van der Waals surface area contributed by atoms with Crippen LogP contribution < -0.4 is 14.2 Å². The van der Waals surface area contributed by atoms with Crippen molar-refractivity contribution < 1.29 is 37.0 Å². The van der Waals surface area contributed by atoms with E-state index < -0.39 is 28.2 Å². The van der Waals surface area contributed by atoms with E-state index in [-0.39, 0.29) is 46.5 Å². The van der Waals surface area contributed by atoms with Gasteiger partial charge >= 0.3 is 5.97 Å². The third kappa shape index (κ3) is 4.50. The second-order valence-electron chi connectivity index (χ2n) is 7.94. The molecule has 0 aromatic heterocycles. The molecule has 1 aromatic carbocycles. The summed E-state index contributed by atoms with van der Waals surface area (Å²) in [5.41, 5.74) is -0.661. The average Bonchev–Trinajstić information content (AvgIpc) is 2.71. The van der Waals surface area contributed by atoms with E-state index in [9.17, 15) is 18.0 Å². The minimum Gasteiger partial charge on any atom is -0.496 e. The monoisotopic (exact) mass is 455 g/mol. The number of nitrogens with zero attached hydrogens (tertiary/aromatic N) is 1. The molecule has 10 heteroatoms. The van der Waals surface area contributed by atoms with Crippen LogP contribution in [-0.2, 0) is 19.6 Å². The van der Waals surface area contributed by atoms with Gasteiger partial charge in [0.05, 0.1) is 20.1 Å². The minimum absolute atomic E-state index is 0.0648. The zero-order valence-corrected chi connectivity index (χ0v) is 19.2. The molecule has 1 saturated carbocycles. The van der Waals surface area contributed by atoms with Crippen LogP contribution in [-0.4, -0.2) is 64.5 Å². The van der Waals surface area contributed by atoms with Crippen LogP contribution in [0.15, 0.2) is 11.0 Å². The Morgan fingerprint density at radius 2 is 1.87 bits per heavy atom. The molecule has 1 heterocycles. The van der Waals surface area contributed by atoms with Crippen LogP contribution in [0.3, 0.4) is 0 Å². The Labute approximate surface area is 182 Å². The molecule has 0 N–H and O–H groups in total. The van der Waals surface area contributed by atoms with Crippen LogP contribution in [0.1, 0.15) is 55.8 Å². The van der Waals surface area contributed by atoms with Gasteiger partial charge in [-0.1, -0.05) is 6.42 Å². The van der Waals surface area contributed by atoms with Gasteiger partial charge in [-0.25, -0.2) is 17.5 Å². The Morgan fingerprint density at radius 1 is 1.19 bits per heavy atom. The van der Waals surface area contributed by atoms with Gasteiger partial charge in [0, 0.05) is 20.2 Å². The number of Topliss-reactive ketones (excluding diaryl/α,β-unsaturated/α-hetero) is 1. The molecular formula is C21H29NO8S. The van der Waals surface area contributed by atoms with E-state index in [1.165, 1.54) is 27.3 Å². The maximum absolute atomic E-state index is 13.3. The van der Waals surface area contributed by atoms with Crippen LogP contribution in [0, 0.1) is 0 Å². The summed E-state index contributed by atoms with van der Waals surface area (Å²) in [4.78, 5) is 24.7. The van der Waals surface area contributed by atoms with Gasteiger partial charge < -0.3 is 18.9 Å². The highest BCUT2D eigenvalue weighted by Crippen LogP contribution is 2.50.